The van der Waals surface area contributed by atoms with Gasteiger partial charge in [0.15, 0.2) is 0 Å². The highest BCUT2D eigenvalue weighted by molar-refractivity contribution is 5.83. The lowest BCUT2D eigenvalue weighted by molar-refractivity contribution is 0.694. The molecule has 0 amide bonds. The topological polar surface area (TPSA) is 17.0 Å². The number of aryl methyl sites for hydroxylation is 2. The van der Waals surface area contributed by atoms with Gasteiger partial charge in [-0.25, -0.2) is 0 Å². The zero-order valence-electron chi connectivity index (χ0n) is 12.8. The summed E-state index contributed by atoms with van der Waals surface area (Å²) in [6.45, 7) is 4.00. The van der Waals surface area contributed by atoms with E-state index in [1.807, 2.05) is 0 Å². The van der Waals surface area contributed by atoms with Crippen LogP contribution in [0.25, 0.3) is 10.9 Å². The molecule has 0 aliphatic carbocycles. The average molecular weight is 278 g/mol. The minimum atomic E-state index is 0.900. The van der Waals surface area contributed by atoms with E-state index >= 15 is 0 Å². The number of hydrogen-bond acceptors (Lipinski definition) is 1. The van der Waals surface area contributed by atoms with Crippen LogP contribution in [0, 0.1) is 0 Å². The summed E-state index contributed by atoms with van der Waals surface area (Å²) in [6.07, 6.45) is 3.32. The first-order valence-corrected chi connectivity index (χ1v) is 7.59. The van der Waals surface area contributed by atoms with Crippen LogP contribution in [-0.4, -0.2) is 4.57 Å². The summed E-state index contributed by atoms with van der Waals surface area (Å²) in [4.78, 5) is 0. The van der Waals surface area contributed by atoms with E-state index in [-0.39, 0.29) is 0 Å². The van der Waals surface area contributed by atoms with Crippen molar-refractivity contribution in [2.75, 3.05) is 0 Å². The predicted octanol–water partition coefficient (Wildman–Crippen LogP) is 4.03. The van der Waals surface area contributed by atoms with Gasteiger partial charge in [0.05, 0.1) is 0 Å². The number of nitrogens with zero attached hydrogens (tertiary/aromatic N) is 1. The maximum absolute atomic E-state index is 3.55. The van der Waals surface area contributed by atoms with Gasteiger partial charge in [-0.1, -0.05) is 49.4 Å². The molecule has 0 unspecified atom stereocenters. The fraction of sp³-hybridized carbons (Fsp3) is 0.263. The molecule has 108 valence electrons. The first-order chi connectivity index (χ1) is 10.3. The van der Waals surface area contributed by atoms with E-state index in [9.17, 15) is 0 Å². The number of aromatic nitrogens is 1. The van der Waals surface area contributed by atoms with Crippen molar-refractivity contribution >= 4 is 10.9 Å². The van der Waals surface area contributed by atoms with Gasteiger partial charge in [0.2, 0.25) is 0 Å². The van der Waals surface area contributed by atoms with Crippen LogP contribution in [0.4, 0.5) is 0 Å². The lowest BCUT2D eigenvalue weighted by Gasteiger charge is -2.05. The summed E-state index contributed by atoms with van der Waals surface area (Å²) in [5.74, 6) is 0. The molecule has 1 heterocycles. The van der Waals surface area contributed by atoms with Gasteiger partial charge in [0.1, 0.15) is 0 Å². The largest absolute Gasteiger partial charge is 0.350 e. The van der Waals surface area contributed by atoms with Crippen molar-refractivity contribution < 1.29 is 0 Å². The van der Waals surface area contributed by atoms with Gasteiger partial charge in [-0.05, 0) is 29.2 Å². The average Bonchev–Trinajstić information content (AvgIpc) is 2.85. The minimum Gasteiger partial charge on any atom is -0.350 e. The summed E-state index contributed by atoms with van der Waals surface area (Å²) in [5, 5.41) is 4.89. The zero-order valence-corrected chi connectivity index (χ0v) is 12.8. The Hall–Kier alpha value is -2.06. The summed E-state index contributed by atoms with van der Waals surface area (Å²) < 4.78 is 2.20. The normalized spacial score (nSPS) is 11.1. The molecule has 1 N–H and O–H groups in total. The molecule has 0 aliphatic rings. The van der Waals surface area contributed by atoms with Crippen molar-refractivity contribution in [3.05, 3.63) is 71.4 Å². The van der Waals surface area contributed by atoms with Crippen molar-refractivity contribution in [1.82, 2.24) is 9.88 Å². The Balaban J connectivity index is 1.66. The third-order valence-corrected chi connectivity index (χ3v) is 4.06. The van der Waals surface area contributed by atoms with Crippen molar-refractivity contribution in [2.24, 2.45) is 7.05 Å². The standard InChI is InChI=1S/C19H22N2/c1-3-15-8-10-16(11-9-15)12-20-13-17-14-21(2)19-7-5-4-6-18(17)19/h4-11,14,20H,3,12-13H2,1-2H3. The highest BCUT2D eigenvalue weighted by Crippen LogP contribution is 2.20. The van der Waals surface area contributed by atoms with Gasteiger partial charge in [0, 0.05) is 37.2 Å². The van der Waals surface area contributed by atoms with Crippen molar-refractivity contribution in [1.29, 1.82) is 0 Å². The van der Waals surface area contributed by atoms with Crippen LogP contribution in [0.2, 0.25) is 0 Å². The molecule has 0 atom stereocenters. The van der Waals surface area contributed by atoms with Gasteiger partial charge in [-0.3, -0.25) is 0 Å². The Kier molecular flexibility index (Phi) is 4.07. The van der Waals surface area contributed by atoms with Crippen LogP contribution >= 0.6 is 0 Å². The quantitative estimate of drug-likeness (QED) is 0.745. The van der Waals surface area contributed by atoms with Crippen molar-refractivity contribution in [3.8, 4) is 0 Å². The molecule has 0 aliphatic heterocycles. The SMILES string of the molecule is CCc1ccc(CNCc2cn(C)c3ccccc23)cc1. The molecular weight excluding hydrogens is 256 g/mol. The second-order valence-electron chi connectivity index (χ2n) is 5.56. The number of para-hydroxylation sites is 1. The lowest BCUT2D eigenvalue weighted by Crippen LogP contribution is -2.12. The number of nitrogens with one attached hydrogen (secondary N) is 1. The van der Waals surface area contributed by atoms with Gasteiger partial charge < -0.3 is 9.88 Å². The summed E-state index contributed by atoms with van der Waals surface area (Å²) in [7, 11) is 2.11. The molecule has 0 spiro atoms. The molecule has 0 saturated carbocycles. The van der Waals surface area contributed by atoms with E-state index in [4.69, 9.17) is 0 Å². The molecule has 2 heteroatoms. The van der Waals surface area contributed by atoms with Gasteiger partial charge in [-0.15, -0.1) is 0 Å². The highest BCUT2D eigenvalue weighted by Gasteiger charge is 2.05. The van der Waals surface area contributed by atoms with Crippen LogP contribution in [-0.2, 0) is 26.6 Å². The van der Waals surface area contributed by atoms with Gasteiger partial charge in [-0.2, -0.15) is 0 Å². The van der Waals surface area contributed by atoms with E-state index in [1.165, 1.54) is 27.6 Å². The number of hydrogen-bond donors (Lipinski definition) is 1. The number of rotatable bonds is 5. The first-order valence-electron chi connectivity index (χ1n) is 7.59. The Labute approximate surface area is 126 Å². The first kappa shape index (κ1) is 13.9. The van der Waals surface area contributed by atoms with Crippen LogP contribution < -0.4 is 5.32 Å². The van der Waals surface area contributed by atoms with Gasteiger partial charge in [0.25, 0.3) is 0 Å². The predicted molar refractivity (Wildman–Crippen MR) is 89.3 cm³/mol. The maximum Gasteiger partial charge on any atom is 0.0481 e. The lowest BCUT2D eigenvalue weighted by atomic mass is 10.1. The van der Waals surface area contributed by atoms with E-state index in [1.54, 1.807) is 0 Å². The van der Waals surface area contributed by atoms with Crippen molar-refractivity contribution in [3.63, 3.8) is 0 Å². The number of fused-ring (bicyclic) bond motifs is 1. The molecule has 0 fully saturated rings. The summed E-state index contributed by atoms with van der Waals surface area (Å²) >= 11 is 0. The van der Waals surface area contributed by atoms with E-state index in [2.05, 4.69) is 78.6 Å². The Morgan fingerprint density at radius 3 is 2.38 bits per heavy atom. The van der Waals surface area contributed by atoms with Crippen LogP contribution in [0.3, 0.4) is 0 Å². The molecule has 0 saturated heterocycles. The van der Waals surface area contributed by atoms with Crippen LogP contribution in [0.1, 0.15) is 23.6 Å². The monoisotopic (exact) mass is 278 g/mol. The Bertz CT molecular complexity index is 723. The third-order valence-electron chi connectivity index (χ3n) is 4.06. The highest BCUT2D eigenvalue weighted by atomic mass is 14.9. The second-order valence-corrected chi connectivity index (χ2v) is 5.56. The fourth-order valence-electron chi connectivity index (χ4n) is 2.80. The van der Waals surface area contributed by atoms with Gasteiger partial charge >= 0.3 is 0 Å². The molecular formula is C19H22N2. The van der Waals surface area contributed by atoms with Crippen LogP contribution in [0.15, 0.2) is 54.7 Å². The van der Waals surface area contributed by atoms with E-state index in [0.29, 0.717) is 0 Å². The Morgan fingerprint density at radius 2 is 1.62 bits per heavy atom. The molecule has 3 rings (SSSR count). The molecule has 21 heavy (non-hydrogen) atoms. The molecule has 3 aromatic rings. The van der Waals surface area contributed by atoms with Crippen molar-refractivity contribution in [2.45, 2.75) is 26.4 Å². The molecule has 0 radical (unpaired) electrons. The zero-order chi connectivity index (χ0) is 14.7. The second kappa shape index (κ2) is 6.15. The number of benzene rings is 2. The molecule has 0 bridgehead atoms. The smallest absolute Gasteiger partial charge is 0.0481 e. The Morgan fingerprint density at radius 1 is 0.905 bits per heavy atom. The third kappa shape index (κ3) is 3.01. The molecule has 1 aromatic heterocycles. The van der Waals surface area contributed by atoms with Crippen LogP contribution in [0.5, 0.6) is 0 Å². The summed E-state index contributed by atoms with van der Waals surface area (Å²) in [5.41, 5.74) is 5.39. The van der Waals surface area contributed by atoms with E-state index in [0.717, 1.165) is 19.5 Å². The summed E-state index contributed by atoms with van der Waals surface area (Å²) in [6, 6.07) is 17.4. The fourth-order valence-corrected chi connectivity index (χ4v) is 2.80. The van der Waals surface area contributed by atoms with E-state index < -0.39 is 0 Å². The molecule has 2 nitrogen and oxygen atoms in total. The maximum atomic E-state index is 3.55. The molecule has 2 aromatic carbocycles. The minimum absolute atomic E-state index is 0.900.